The molecule has 2 aromatic carbocycles. The summed E-state index contributed by atoms with van der Waals surface area (Å²) in [6, 6.07) is 5.77. The van der Waals surface area contributed by atoms with Crippen molar-refractivity contribution in [1.82, 2.24) is 0 Å². The van der Waals surface area contributed by atoms with Crippen molar-refractivity contribution in [3.8, 4) is 23.0 Å². The van der Waals surface area contributed by atoms with E-state index in [-0.39, 0.29) is 44.7 Å². The van der Waals surface area contributed by atoms with Crippen LogP contribution >= 0.6 is 0 Å². The Morgan fingerprint density at radius 2 is 1.82 bits per heavy atom. The van der Waals surface area contributed by atoms with E-state index in [1.165, 1.54) is 38.5 Å². The molecule has 0 aliphatic rings. The van der Waals surface area contributed by atoms with Gasteiger partial charge in [0.1, 0.15) is 16.7 Å². The smallest absolute Gasteiger partial charge is 0.204 e. The fourth-order valence-corrected chi connectivity index (χ4v) is 2.25. The molecule has 0 aliphatic carbocycles. The highest BCUT2D eigenvalue weighted by molar-refractivity contribution is 5.96. The lowest BCUT2D eigenvalue weighted by atomic mass is 10.1. The van der Waals surface area contributed by atoms with Crippen LogP contribution in [0.1, 0.15) is 0 Å². The first kappa shape index (κ1) is 15.5. The van der Waals surface area contributed by atoms with E-state index in [4.69, 9.17) is 13.9 Å². The monoisotopic (exact) mass is 306 g/mol. The minimum absolute atomic E-state index is 0. The second kappa shape index (κ2) is 5.45. The number of phenolic OH excluding ortho intramolecular Hbond substituents is 2. The third-order valence-corrected chi connectivity index (χ3v) is 3.28. The van der Waals surface area contributed by atoms with Gasteiger partial charge >= 0.3 is 0 Å². The van der Waals surface area contributed by atoms with E-state index >= 15 is 0 Å². The zero-order chi connectivity index (χ0) is 15.1. The average Bonchev–Trinajstić information content (AvgIpc) is 2.48. The van der Waals surface area contributed by atoms with Crippen molar-refractivity contribution in [3.05, 3.63) is 34.5 Å². The lowest BCUT2D eigenvalue weighted by Crippen LogP contribution is -2.03. The molecular formula is C15H14O7. The maximum absolute atomic E-state index is 12.6. The number of fused-ring (bicyclic) bond motifs is 2. The summed E-state index contributed by atoms with van der Waals surface area (Å²) in [5, 5.41) is 20.2. The number of phenols is 2. The van der Waals surface area contributed by atoms with Gasteiger partial charge in [0.2, 0.25) is 5.43 Å². The van der Waals surface area contributed by atoms with Crippen molar-refractivity contribution in [1.29, 1.82) is 0 Å². The molecular weight excluding hydrogens is 292 g/mol. The summed E-state index contributed by atoms with van der Waals surface area (Å²) in [5.74, 6) is -0.0260. The van der Waals surface area contributed by atoms with Crippen molar-refractivity contribution < 1.29 is 29.6 Å². The molecule has 1 aromatic heterocycles. The van der Waals surface area contributed by atoms with Crippen molar-refractivity contribution in [3.63, 3.8) is 0 Å². The second-order valence-corrected chi connectivity index (χ2v) is 4.44. The van der Waals surface area contributed by atoms with Gasteiger partial charge in [-0.05, 0) is 18.2 Å². The lowest BCUT2D eigenvalue weighted by Gasteiger charge is -2.08. The van der Waals surface area contributed by atoms with Gasteiger partial charge in [-0.15, -0.1) is 0 Å². The first-order chi connectivity index (χ1) is 10.1. The van der Waals surface area contributed by atoms with Crippen molar-refractivity contribution >= 4 is 21.9 Å². The van der Waals surface area contributed by atoms with E-state index in [2.05, 4.69) is 0 Å². The van der Waals surface area contributed by atoms with E-state index < -0.39 is 5.43 Å². The van der Waals surface area contributed by atoms with E-state index in [0.29, 0.717) is 5.75 Å². The van der Waals surface area contributed by atoms with Gasteiger partial charge in [-0.3, -0.25) is 4.79 Å². The van der Waals surface area contributed by atoms with Crippen LogP contribution in [0.25, 0.3) is 21.9 Å². The summed E-state index contributed by atoms with van der Waals surface area (Å²) in [6.45, 7) is 0. The number of hydrogen-bond acceptors (Lipinski definition) is 6. The van der Waals surface area contributed by atoms with Gasteiger partial charge in [-0.2, -0.15) is 0 Å². The summed E-state index contributed by atoms with van der Waals surface area (Å²) >= 11 is 0. The Balaban J connectivity index is 0.00000176. The van der Waals surface area contributed by atoms with Crippen LogP contribution in [0, 0.1) is 0 Å². The van der Waals surface area contributed by atoms with E-state index in [1.807, 2.05) is 0 Å². The van der Waals surface area contributed by atoms with Crippen LogP contribution in [0.15, 0.2) is 33.5 Å². The SMILES string of the molecule is COc1cc(O)c2oc3ccc(OC)c(O)c3c(=O)c2c1.O. The minimum atomic E-state index is -0.475. The third kappa shape index (κ3) is 2.08. The summed E-state index contributed by atoms with van der Waals surface area (Å²) in [5.41, 5.74) is -0.277. The van der Waals surface area contributed by atoms with Crippen molar-refractivity contribution in [2.24, 2.45) is 0 Å². The fourth-order valence-electron chi connectivity index (χ4n) is 2.25. The molecule has 7 nitrogen and oxygen atoms in total. The molecule has 1 heterocycles. The van der Waals surface area contributed by atoms with Gasteiger partial charge < -0.3 is 29.6 Å². The molecule has 22 heavy (non-hydrogen) atoms. The first-order valence-electron chi connectivity index (χ1n) is 6.10. The van der Waals surface area contributed by atoms with Crippen LogP contribution in [-0.2, 0) is 0 Å². The van der Waals surface area contributed by atoms with Gasteiger partial charge in [0.15, 0.2) is 22.8 Å². The number of aromatic hydroxyl groups is 2. The highest BCUT2D eigenvalue weighted by atomic mass is 16.5. The molecule has 0 radical (unpaired) electrons. The van der Waals surface area contributed by atoms with Gasteiger partial charge in [0.25, 0.3) is 0 Å². The van der Waals surface area contributed by atoms with Crippen LogP contribution in [-0.4, -0.2) is 29.9 Å². The molecule has 7 heteroatoms. The van der Waals surface area contributed by atoms with Crippen LogP contribution in [0.4, 0.5) is 0 Å². The number of benzene rings is 2. The molecule has 0 fully saturated rings. The maximum Gasteiger partial charge on any atom is 0.204 e. The molecule has 0 bridgehead atoms. The first-order valence-corrected chi connectivity index (χ1v) is 6.10. The number of hydrogen-bond donors (Lipinski definition) is 2. The van der Waals surface area contributed by atoms with Gasteiger partial charge in [-0.1, -0.05) is 0 Å². The zero-order valence-corrected chi connectivity index (χ0v) is 11.8. The molecule has 0 spiro atoms. The largest absolute Gasteiger partial charge is 0.504 e. The second-order valence-electron chi connectivity index (χ2n) is 4.44. The number of rotatable bonds is 2. The van der Waals surface area contributed by atoms with Crippen LogP contribution in [0.5, 0.6) is 23.0 Å². The Kier molecular flexibility index (Phi) is 3.83. The summed E-state index contributed by atoms with van der Waals surface area (Å²) in [6.07, 6.45) is 0. The highest BCUT2D eigenvalue weighted by Crippen LogP contribution is 2.36. The molecule has 116 valence electrons. The average molecular weight is 306 g/mol. The Morgan fingerprint density at radius 3 is 2.45 bits per heavy atom. The molecule has 0 amide bonds. The van der Waals surface area contributed by atoms with E-state index in [9.17, 15) is 15.0 Å². The van der Waals surface area contributed by atoms with Crippen LogP contribution < -0.4 is 14.9 Å². The van der Waals surface area contributed by atoms with Gasteiger partial charge in [0, 0.05) is 6.07 Å². The highest BCUT2D eigenvalue weighted by Gasteiger charge is 2.17. The Bertz CT molecular complexity index is 911. The van der Waals surface area contributed by atoms with Crippen LogP contribution in [0.3, 0.4) is 0 Å². The zero-order valence-electron chi connectivity index (χ0n) is 11.8. The summed E-state index contributed by atoms with van der Waals surface area (Å²) in [7, 11) is 2.81. The number of ether oxygens (including phenoxy) is 2. The Hall–Kier alpha value is -2.93. The van der Waals surface area contributed by atoms with Crippen LogP contribution in [0.2, 0.25) is 0 Å². The minimum Gasteiger partial charge on any atom is -0.504 e. The summed E-state index contributed by atoms with van der Waals surface area (Å²) in [4.78, 5) is 12.6. The maximum atomic E-state index is 12.6. The van der Waals surface area contributed by atoms with E-state index in [0.717, 1.165) is 0 Å². The van der Waals surface area contributed by atoms with Crippen molar-refractivity contribution in [2.45, 2.75) is 0 Å². The lowest BCUT2D eigenvalue weighted by molar-refractivity contribution is 0.376. The van der Waals surface area contributed by atoms with Gasteiger partial charge in [-0.25, -0.2) is 0 Å². The molecule has 0 unspecified atom stereocenters. The quantitative estimate of drug-likeness (QED) is 0.693. The molecule has 0 saturated heterocycles. The Morgan fingerprint density at radius 1 is 1.09 bits per heavy atom. The summed E-state index contributed by atoms with van der Waals surface area (Å²) < 4.78 is 15.5. The normalized spacial score (nSPS) is 10.5. The molecule has 0 saturated carbocycles. The predicted molar refractivity (Wildman–Crippen MR) is 80.0 cm³/mol. The molecule has 3 rings (SSSR count). The Labute approximate surface area is 124 Å². The van der Waals surface area contributed by atoms with E-state index in [1.54, 1.807) is 0 Å². The topological polar surface area (TPSA) is 121 Å². The number of methoxy groups -OCH3 is 2. The molecule has 0 aliphatic heterocycles. The standard InChI is InChI=1S/C15H12O6.H2O/c1-19-7-5-8-13(17)12-10(21-15(8)9(16)6-7)3-4-11(20-2)14(12)18;/h3-6,16,18H,1-2H3;1H2. The molecule has 4 N–H and O–H groups in total. The fraction of sp³-hybridized carbons (Fsp3) is 0.133. The van der Waals surface area contributed by atoms with Gasteiger partial charge in [0.05, 0.1) is 19.6 Å². The van der Waals surface area contributed by atoms with Crippen molar-refractivity contribution in [2.75, 3.05) is 14.2 Å². The molecule has 0 atom stereocenters. The molecule has 3 aromatic rings. The predicted octanol–water partition coefficient (Wildman–Crippen LogP) is 1.55. The third-order valence-electron chi connectivity index (χ3n) is 3.28.